The Morgan fingerprint density at radius 3 is 2.26 bits per heavy atom. The van der Waals surface area contributed by atoms with Crippen LogP contribution in [0.15, 0.2) is 30.3 Å². The highest BCUT2D eigenvalue weighted by atomic mass is 19.4. The van der Waals surface area contributed by atoms with Crippen molar-refractivity contribution < 1.29 is 27.4 Å². The van der Waals surface area contributed by atoms with Crippen molar-refractivity contribution in [2.24, 2.45) is 11.5 Å². The third-order valence-corrected chi connectivity index (χ3v) is 2.68. The molecule has 1 unspecified atom stereocenters. The van der Waals surface area contributed by atoms with Crippen LogP contribution in [0.25, 0.3) is 0 Å². The monoisotopic (exact) mass is 336 g/mol. The molecule has 1 amide bonds. The van der Waals surface area contributed by atoms with Crippen LogP contribution in [-0.2, 0) is 20.7 Å². The molecule has 132 valence electrons. The van der Waals surface area contributed by atoms with Gasteiger partial charge in [0.25, 0.3) is 0 Å². The van der Waals surface area contributed by atoms with Crippen molar-refractivity contribution in [2.75, 3.05) is 20.3 Å². The van der Waals surface area contributed by atoms with Gasteiger partial charge in [-0.15, -0.1) is 13.2 Å². The molecule has 0 heterocycles. The summed E-state index contributed by atoms with van der Waals surface area (Å²) in [5.74, 6) is -1.11. The summed E-state index contributed by atoms with van der Waals surface area (Å²) >= 11 is 0. The van der Waals surface area contributed by atoms with Gasteiger partial charge in [0.2, 0.25) is 5.91 Å². The van der Waals surface area contributed by atoms with E-state index in [1.807, 2.05) is 0 Å². The molecule has 0 fully saturated rings. The van der Waals surface area contributed by atoms with E-state index < -0.39 is 18.4 Å². The maximum atomic E-state index is 12.0. The Balaban J connectivity index is 0.000000688. The normalized spacial score (nSPS) is 12.2. The first-order valence-corrected chi connectivity index (χ1v) is 7.07. The molecule has 1 atom stereocenters. The maximum absolute atomic E-state index is 12.0. The van der Waals surface area contributed by atoms with E-state index in [1.54, 1.807) is 37.4 Å². The molecule has 0 saturated carbocycles. The molecule has 0 aliphatic heterocycles. The fraction of sp³-hybridized carbons (Fsp3) is 0.533. The van der Waals surface area contributed by atoms with E-state index in [4.69, 9.17) is 16.2 Å². The topological polar surface area (TPSA) is 87.6 Å². The van der Waals surface area contributed by atoms with E-state index in [9.17, 15) is 18.0 Å². The second-order valence-electron chi connectivity index (χ2n) is 4.61. The van der Waals surface area contributed by atoms with Gasteiger partial charge in [-0.05, 0) is 31.4 Å². The van der Waals surface area contributed by atoms with E-state index in [-0.39, 0.29) is 6.42 Å². The molecule has 5 nitrogen and oxygen atoms in total. The van der Waals surface area contributed by atoms with Crippen molar-refractivity contribution in [3.8, 4) is 0 Å². The van der Waals surface area contributed by atoms with Gasteiger partial charge in [-0.25, -0.2) is 0 Å². The quantitative estimate of drug-likeness (QED) is 0.711. The van der Waals surface area contributed by atoms with Gasteiger partial charge in [-0.3, -0.25) is 9.53 Å². The van der Waals surface area contributed by atoms with Gasteiger partial charge in [-0.2, -0.15) is 0 Å². The number of benzene rings is 1. The van der Waals surface area contributed by atoms with Crippen LogP contribution in [0.1, 0.15) is 18.4 Å². The number of ether oxygens (including phenoxy) is 2. The molecule has 0 spiro atoms. The van der Waals surface area contributed by atoms with Crippen LogP contribution < -0.4 is 11.5 Å². The number of alkyl halides is 3. The van der Waals surface area contributed by atoms with E-state index in [1.165, 1.54) is 0 Å². The first-order chi connectivity index (χ1) is 10.8. The lowest BCUT2D eigenvalue weighted by atomic mass is 10.1. The highest BCUT2D eigenvalue weighted by molar-refractivity contribution is 5.78. The number of aryl methyl sites for hydroxylation is 1. The Kier molecular flexibility index (Phi) is 11.0. The van der Waals surface area contributed by atoms with Crippen LogP contribution in [0, 0.1) is 0 Å². The third-order valence-electron chi connectivity index (χ3n) is 2.68. The van der Waals surface area contributed by atoms with Crippen molar-refractivity contribution in [1.82, 2.24) is 0 Å². The fourth-order valence-electron chi connectivity index (χ4n) is 1.59. The molecule has 23 heavy (non-hydrogen) atoms. The van der Waals surface area contributed by atoms with Crippen molar-refractivity contribution >= 4 is 5.91 Å². The van der Waals surface area contributed by atoms with Crippen molar-refractivity contribution in [2.45, 2.75) is 31.7 Å². The summed E-state index contributed by atoms with van der Waals surface area (Å²) in [7, 11) is 1.68. The Labute approximate surface area is 133 Å². The average Bonchev–Trinajstić information content (AvgIpc) is 2.49. The number of amides is 1. The minimum atomic E-state index is -4.85. The van der Waals surface area contributed by atoms with Gasteiger partial charge < -0.3 is 16.2 Å². The summed E-state index contributed by atoms with van der Waals surface area (Å²) in [6, 6.07) is 8.83. The molecule has 4 N–H and O–H groups in total. The van der Waals surface area contributed by atoms with Gasteiger partial charge in [-0.1, -0.05) is 30.3 Å². The second kappa shape index (κ2) is 11.9. The Bertz CT molecular complexity index is 424. The predicted octanol–water partition coefficient (Wildman–Crippen LogP) is 1.99. The molecular formula is C15H23F3N2O3. The lowest BCUT2D eigenvalue weighted by molar-refractivity contribution is -0.337. The van der Waals surface area contributed by atoms with Crippen LogP contribution in [0.2, 0.25) is 0 Å². The van der Waals surface area contributed by atoms with E-state index in [0.29, 0.717) is 6.42 Å². The third kappa shape index (κ3) is 12.6. The Hall–Kier alpha value is -1.64. The largest absolute Gasteiger partial charge is 0.523 e. The van der Waals surface area contributed by atoms with Crippen LogP contribution in [-0.4, -0.2) is 38.6 Å². The first kappa shape index (κ1) is 21.4. The summed E-state index contributed by atoms with van der Waals surface area (Å²) in [4.78, 5) is 10.8. The van der Waals surface area contributed by atoms with Gasteiger partial charge in [0.1, 0.15) is 6.10 Å². The van der Waals surface area contributed by atoms with Crippen LogP contribution >= 0.6 is 0 Å². The average molecular weight is 336 g/mol. The molecule has 0 radical (unpaired) electrons. The van der Waals surface area contributed by atoms with Crippen molar-refractivity contribution in [3.63, 3.8) is 0 Å². The fourth-order valence-corrected chi connectivity index (χ4v) is 1.59. The van der Waals surface area contributed by atoms with E-state index in [0.717, 1.165) is 25.1 Å². The second-order valence-corrected chi connectivity index (χ2v) is 4.61. The summed E-state index contributed by atoms with van der Waals surface area (Å²) in [6.07, 6.45) is -5.33. The molecule has 8 heteroatoms. The lowest BCUT2D eigenvalue weighted by Crippen LogP contribution is -2.36. The van der Waals surface area contributed by atoms with Gasteiger partial charge in [0.05, 0.1) is 0 Å². The summed E-state index contributed by atoms with van der Waals surface area (Å²) in [6.45, 7) is 1.52. The summed E-state index contributed by atoms with van der Waals surface area (Å²) in [5, 5.41) is 0. The number of hydrogen-bond donors (Lipinski definition) is 2. The molecule has 0 bridgehead atoms. The lowest BCUT2D eigenvalue weighted by Gasteiger charge is -2.16. The molecular weight excluding hydrogens is 313 g/mol. The summed E-state index contributed by atoms with van der Waals surface area (Å²) < 4.78 is 44.2. The standard InChI is InChI=1S/C11H12F3NO2.C4H11NO/c12-11(13,14)17-9(10(15)16)7-6-8-4-2-1-3-5-8;1-6-4-2-3-5/h1-5,9H,6-7H2,(H2,15,16);2-5H2,1H3. The van der Waals surface area contributed by atoms with Crippen molar-refractivity contribution in [3.05, 3.63) is 35.9 Å². The number of nitrogens with two attached hydrogens (primary N) is 2. The number of primary amides is 1. The first-order valence-electron chi connectivity index (χ1n) is 7.07. The van der Waals surface area contributed by atoms with Crippen LogP contribution in [0.5, 0.6) is 0 Å². The SMILES string of the molecule is COCCCN.NC(=O)C(CCc1ccccc1)OC(F)(F)F. The highest BCUT2D eigenvalue weighted by Gasteiger charge is 2.35. The van der Waals surface area contributed by atoms with Crippen LogP contribution in [0.3, 0.4) is 0 Å². The zero-order valence-corrected chi connectivity index (χ0v) is 13.0. The van der Waals surface area contributed by atoms with Gasteiger partial charge >= 0.3 is 6.36 Å². The molecule has 0 aliphatic rings. The van der Waals surface area contributed by atoms with E-state index >= 15 is 0 Å². The molecule has 1 aromatic carbocycles. The summed E-state index contributed by atoms with van der Waals surface area (Å²) in [5.41, 5.74) is 10.8. The number of rotatable bonds is 8. The minimum absolute atomic E-state index is 0.0984. The number of carbonyl (C=O) groups is 1. The molecule has 1 rings (SSSR count). The maximum Gasteiger partial charge on any atom is 0.523 e. The Morgan fingerprint density at radius 1 is 1.26 bits per heavy atom. The van der Waals surface area contributed by atoms with Gasteiger partial charge in [0.15, 0.2) is 0 Å². The molecule has 0 saturated heterocycles. The number of halogens is 3. The Morgan fingerprint density at radius 2 is 1.87 bits per heavy atom. The number of carbonyl (C=O) groups excluding carboxylic acids is 1. The highest BCUT2D eigenvalue weighted by Crippen LogP contribution is 2.21. The number of methoxy groups -OCH3 is 1. The molecule has 0 aromatic heterocycles. The molecule has 1 aromatic rings. The van der Waals surface area contributed by atoms with Crippen molar-refractivity contribution in [1.29, 1.82) is 0 Å². The number of hydrogen-bond acceptors (Lipinski definition) is 4. The van der Waals surface area contributed by atoms with Gasteiger partial charge in [0, 0.05) is 13.7 Å². The van der Waals surface area contributed by atoms with Crippen LogP contribution in [0.4, 0.5) is 13.2 Å². The zero-order chi connectivity index (χ0) is 17.7. The molecule has 0 aliphatic carbocycles. The predicted molar refractivity (Wildman–Crippen MR) is 80.4 cm³/mol. The minimum Gasteiger partial charge on any atom is -0.385 e. The zero-order valence-electron chi connectivity index (χ0n) is 13.0. The smallest absolute Gasteiger partial charge is 0.385 e. The van der Waals surface area contributed by atoms with E-state index in [2.05, 4.69) is 4.74 Å².